The molecule has 4 aromatic rings. The van der Waals surface area contributed by atoms with Gasteiger partial charge in [-0.3, -0.25) is 9.36 Å². The molecule has 0 spiro atoms. The number of aromatic carboxylic acids is 1. The predicted octanol–water partition coefficient (Wildman–Crippen LogP) is 5.48. The monoisotopic (exact) mass is 432 g/mol. The van der Waals surface area contributed by atoms with Crippen molar-refractivity contribution >= 4 is 27.5 Å². The second-order valence-corrected chi connectivity index (χ2v) is 9.63. The Kier molecular flexibility index (Phi) is 5.27. The first-order valence-electron chi connectivity index (χ1n) is 10.1. The number of nitrogens with zero attached hydrogens (tertiary/aromatic N) is 2. The molecular weight excluding hydrogens is 408 g/mol. The van der Waals surface area contributed by atoms with Crippen LogP contribution < -0.4 is 5.56 Å². The maximum atomic E-state index is 13.5. The second kappa shape index (κ2) is 7.78. The Bertz CT molecular complexity index is 1320. The van der Waals surface area contributed by atoms with Gasteiger partial charge in [-0.25, -0.2) is 9.78 Å². The van der Waals surface area contributed by atoms with Gasteiger partial charge in [0.25, 0.3) is 5.56 Å². The predicted molar refractivity (Wildman–Crippen MR) is 125 cm³/mol. The molecule has 0 aliphatic heterocycles. The summed E-state index contributed by atoms with van der Waals surface area (Å²) in [4.78, 5) is 30.3. The lowest BCUT2D eigenvalue weighted by molar-refractivity contribution is 0.0699. The van der Waals surface area contributed by atoms with Crippen LogP contribution in [0.2, 0.25) is 0 Å². The fourth-order valence-corrected chi connectivity index (χ4v) is 4.45. The van der Waals surface area contributed by atoms with Crippen molar-refractivity contribution in [3.8, 4) is 11.4 Å². The van der Waals surface area contributed by atoms with Gasteiger partial charge in [-0.15, -0.1) is 11.3 Å². The normalized spacial score (nSPS) is 11.7. The number of carboxylic acid groups (broad SMARTS) is 1. The zero-order valence-electron chi connectivity index (χ0n) is 18.0. The average Bonchev–Trinajstić information content (AvgIpc) is 3.15. The summed E-state index contributed by atoms with van der Waals surface area (Å²) in [6.07, 6.45) is 0. The highest BCUT2D eigenvalue weighted by Gasteiger charge is 2.21. The van der Waals surface area contributed by atoms with Gasteiger partial charge < -0.3 is 5.11 Å². The number of rotatable bonds is 4. The number of carbonyl (C=O) groups is 1. The number of hydrogen-bond donors (Lipinski definition) is 1. The Morgan fingerprint density at radius 2 is 1.71 bits per heavy atom. The van der Waals surface area contributed by atoms with E-state index in [9.17, 15) is 14.7 Å². The minimum Gasteiger partial charge on any atom is -0.478 e. The molecule has 1 N–H and O–H groups in total. The number of carboxylic acids is 1. The van der Waals surface area contributed by atoms with Crippen LogP contribution in [0.1, 0.15) is 47.8 Å². The first-order chi connectivity index (χ1) is 14.6. The van der Waals surface area contributed by atoms with Crippen LogP contribution >= 0.6 is 11.3 Å². The number of thiophene rings is 1. The second-order valence-electron chi connectivity index (χ2n) is 8.77. The molecule has 0 saturated heterocycles. The van der Waals surface area contributed by atoms with Gasteiger partial charge in [-0.1, -0.05) is 74.9 Å². The van der Waals surface area contributed by atoms with E-state index in [0.29, 0.717) is 17.2 Å². The molecular formula is C25H24N2O3S. The molecule has 0 bridgehead atoms. The molecule has 0 fully saturated rings. The summed E-state index contributed by atoms with van der Waals surface area (Å²) in [5.74, 6) is -0.578. The average molecular weight is 433 g/mol. The molecule has 2 aromatic heterocycles. The first kappa shape index (κ1) is 21.0. The molecule has 158 valence electrons. The summed E-state index contributed by atoms with van der Waals surface area (Å²) in [6.45, 7) is 8.78. The Labute approximate surface area is 184 Å². The highest BCUT2D eigenvalue weighted by molar-refractivity contribution is 7.17. The van der Waals surface area contributed by atoms with Gasteiger partial charge in [0.1, 0.15) is 10.7 Å². The quantitative estimate of drug-likeness (QED) is 0.464. The van der Waals surface area contributed by atoms with Crippen LogP contribution in [0.5, 0.6) is 0 Å². The minimum absolute atomic E-state index is 0.00443. The number of hydrogen-bond acceptors (Lipinski definition) is 4. The molecule has 5 nitrogen and oxygen atoms in total. The van der Waals surface area contributed by atoms with Gasteiger partial charge in [-0.05, 0) is 23.5 Å². The van der Waals surface area contributed by atoms with Crippen molar-refractivity contribution in [2.45, 2.75) is 39.7 Å². The molecule has 31 heavy (non-hydrogen) atoms. The van der Waals surface area contributed by atoms with E-state index in [2.05, 4.69) is 32.9 Å². The van der Waals surface area contributed by atoms with E-state index in [-0.39, 0.29) is 21.9 Å². The van der Waals surface area contributed by atoms with Crippen molar-refractivity contribution in [3.05, 3.63) is 86.5 Å². The third-order valence-corrected chi connectivity index (χ3v) is 6.27. The molecule has 0 atom stereocenters. The Morgan fingerprint density at radius 1 is 1.06 bits per heavy atom. The number of fused-ring (bicyclic) bond motifs is 1. The van der Waals surface area contributed by atoms with E-state index in [4.69, 9.17) is 4.98 Å². The van der Waals surface area contributed by atoms with E-state index in [1.54, 1.807) is 4.57 Å². The van der Waals surface area contributed by atoms with Gasteiger partial charge in [-0.2, -0.15) is 0 Å². The van der Waals surface area contributed by atoms with Crippen LogP contribution in [0, 0.1) is 6.92 Å². The minimum atomic E-state index is -1.12. The van der Waals surface area contributed by atoms with E-state index < -0.39 is 5.97 Å². The summed E-state index contributed by atoms with van der Waals surface area (Å²) >= 11 is 1.18. The molecule has 0 radical (unpaired) electrons. The molecule has 2 aromatic carbocycles. The molecule has 0 saturated carbocycles. The first-order valence-corrected chi connectivity index (χ1v) is 10.9. The van der Waals surface area contributed by atoms with Crippen LogP contribution in [-0.4, -0.2) is 20.6 Å². The summed E-state index contributed by atoms with van der Waals surface area (Å²) < 4.78 is 1.58. The van der Waals surface area contributed by atoms with Gasteiger partial charge in [0.05, 0.1) is 17.5 Å². The highest BCUT2D eigenvalue weighted by atomic mass is 32.1. The van der Waals surface area contributed by atoms with Crippen LogP contribution in [-0.2, 0) is 12.0 Å². The SMILES string of the molecule is Cc1ccc(-c2nc3scc(C(=O)O)c3c(=O)n2Cc2ccc(C(C)(C)C)cc2)cc1. The van der Waals surface area contributed by atoms with E-state index in [1.165, 1.54) is 22.3 Å². The van der Waals surface area contributed by atoms with Crippen LogP contribution in [0.15, 0.2) is 58.7 Å². The topological polar surface area (TPSA) is 72.2 Å². The summed E-state index contributed by atoms with van der Waals surface area (Å²) in [6, 6.07) is 16.0. The maximum Gasteiger partial charge on any atom is 0.337 e. The number of aryl methyl sites for hydroxylation is 1. The van der Waals surface area contributed by atoms with Crippen LogP contribution in [0.4, 0.5) is 0 Å². The largest absolute Gasteiger partial charge is 0.478 e. The lowest BCUT2D eigenvalue weighted by Gasteiger charge is -2.19. The van der Waals surface area contributed by atoms with E-state index in [0.717, 1.165) is 16.7 Å². The third-order valence-electron chi connectivity index (χ3n) is 5.39. The zero-order chi connectivity index (χ0) is 22.3. The maximum absolute atomic E-state index is 13.5. The van der Waals surface area contributed by atoms with Crippen molar-refractivity contribution in [1.29, 1.82) is 0 Å². The lowest BCUT2D eigenvalue weighted by Crippen LogP contribution is -2.25. The van der Waals surface area contributed by atoms with Gasteiger partial charge in [0.15, 0.2) is 0 Å². The number of benzene rings is 2. The van der Waals surface area contributed by atoms with Crippen molar-refractivity contribution in [3.63, 3.8) is 0 Å². The standard InChI is InChI=1S/C25H24N2O3S/c1-15-5-9-17(10-6-15)21-26-22-20(19(14-31-22)24(29)30)23(28)27(21)13-16-7-11-18(12-8-16)25(2,3)4/h5-12,14H,13H2,1-4H3,(H,29,30). The van der Waals surface area contributed by atoms with Crippen molar-refractivity contribution in [2.75, 3.05) is 0 Å². The molecule has 0 aliphatic carbocycles. The van der Waals surface area contributed by atoms with Crippen molar-refractivity contribution in [1.82, 2.24) is 9.55 Å². The summed E-state index contributed by atoms with van der Waals surface area (Å²) in [7, 11) is 0. The zero-order valence-corrected chi connectivity index (χ0v) is 18.8. The molecule has 0 aliphatic rings. The van der Waals surface area contributed by atoms with E-state index in [1.807, 2.05) is 43.3 Å². The number of aromatic nitrogens is 2. The van der Waals surface area contributed by atoms with Crippen LogP contribution in [0.3, 0.4) is 0 Å². The van der Waals surface area contributed by atoms with Crippen molar-refractivity contribution < 1.29 is 9.90 Å². The fraction of sp³-hybridized carbons (Fsp3) is 0.240. The van der Waals surface area contributed by atoms with Gasteiger partial charge in [0, 0.05) is 10.9 Å². The fourth-order valence-electron chi connectivity index (χ4n) is 3.54. The van der Waals surface area contributed by atoms with Crippen molar-refractivity contribution in [2.24, 2.45) is 0 Å². The van der Waals surface area contributed by atoms with Crippen LogP contribution in [0.25, 0.3) is 21.6 Å². The highest BCUT2D eigenvalue weighted by Crippen LogP contribution is 2.27. The molecule has 2 heterocycles. The molecule has 4 rings (SSSR count). The smallest absolute Gasteiger partial charge is 0.337 e. The lowest BCUT2D eigenvalue weighted by atomic mass is 9.87. The Morgan fingerprint density at radius 3 is 2.29 bits per heavy atom. The van der Waals surface area contributed by atoms with Gasteiger partial charge in [0.2, 0.25) is 0 Å². The Balaban J connectivity index is 1.90. The Hall–Kier alpha value is -3.25. The molecule has 0 unspecified atom stereocenters. The molecule has 6 heteroatoms. The van der Waals surface area contributed by atoms with Gasteiger partial charge >= 0.3 is 5.97 Å². The third kappa shape index (κ3) is 4.03. The van der Waals surface area contributed by atoms with E-state index >= 15 is 0 Å². The summed E-state index contributed by atoms with van der Waals surface area (Å²) in [5.41, 5.74) is 3.81. The molecule has 0 amide bonds. The summed E-state index contributed by atoms with van der Waals surface area (Å²) in [5, 5.41) is 11.2.